The summed E-state index contributed by atoms with van der Waals surface area (Å²) < 4.78 is 4.92. The van der Waals surface area contributed by atoms with Crippen molar-refractivity contribution < 1.29 is 9.53 Å². The summed E-state index contributed by atoms with van der Waals surface area (Å²) in [6, 6.07) is 1.76. The number of thiophene rings is 1. The second kappa shape index (κ2) is 4.24. The van der Waals surface area contributed by atoms with Crippen molar-refractivity contribution in [3.8, 4) is 0 Å². The van der Waals surface area contributed by atoms with Gasteiger partial charge in [-0.2, -0.15) is 11.3 Å². The van der Waals surface area contributed by atoms with Gasteiger partial charge in [-0.15, -0.1) is 0 Å². The van der Waals surface area contributed by atoms with Crippen molar-refractivity contribution >= 4 is 33.2 Å². The molecule has 4 heteroatoms. The standard InChI is InChI=1S/C9H11BrO2S/c1-9(2,10)6-12-8(11)7-3-4-13-5-7/h3-5H,6H2,1-2H3. The lowest BCUT2D eigenvalue weighted by atomic mass is 10.2. The minimum absolute atomic E-state index is 0.154. The molecule has 0 atom stereocenters. The number of carbonyl (C=O) groups is 1. The van der Waals surface area contributed by atoms with Crippen LogP contribution < -0.4 is 0 Å². The van der Waals surface area contributed by atoms with Crippen LogP contribution in [0.3, 0.4) is 0 Å². The Morgan fingerprint density at radius 3 is 2.85 bits per heavy atom. The highest BCUT2D eigenvalue weighted by molar-refractivity contribution is 9.10. The molecule has 0 unspecified atom stereocenters. The molecule has 0 aliphatic carbocycles. The van der Waals surface area contributed by atoms with Crippen LogP contribution in [-0.4, -0.2) is 16.9 Å². The van der Waals surface area contributed by atoms with E-state index in [1.165, 1.54) is 11.3 Å². The van der Waals surface area contributed by atoms with Crippen molar-refractivity contribution in [3.63, 3.8) is 0 Å². The number of rotatable bonds is 3. The molecule has 2 nitrogen and oxygen atoms in total. The molecular weight excluding hydrogens is 252 g/mol. The van der Waals surface area contributed by atoms with Gasteiger partial charge in [0.25, 0.3) is 0 Å². The molecule has 13 heavy (non-hydrogen) atoms. The third-order valence-corrected chi connectivity index (χ3v) is 2.22. The van der Waals surface area contributed by atoms with E-state index < -0.39 is 0 Å². The molecule has 0 aliphatic rings. The van der Waals surface area contributed by atoms with Crippen LogP contribution in [0, 0.1) is 0 Å². The number of alkyl halides is 1. The molecule has 0 spiro atoms. The summed E-state index contributed by atoms with van der Waals surface area (Å²) in [6.45, 7) is 4.28. The minimum Gasteiger partial charge on any atom is -0.461 e. The van der Waals surface area contributed by atoms with Crippen molar-refractivity contribution in [3.05, 3.63) is 22.4 Å². The van der Waals surface area contributed by atoms with Gasteiger partial charge in [0.05, 0.1) is 9.89 Å². The topological polar surface area (TPSA) is 26.3 Å². The summed E-state index contributed by atoms with van der Waals surface area (Å²) in [7, 11) is 0. The van der Waals surface area contributed by atoms with E-state index >= 15 is 0 Å². The second-order valence-corrected chi connectivity index (χ2v) is 6.23. The molecule has 1 heterocycles. The fraction of sp³-hybridized carbons (Fsp3) is 0.444. The van der Waals surface area contributed by atoms with Crippen LogP contribution in [-0.2, 0) is 4.74 Å². The van der Waals surface area contributed by atoms with Crippen LogP contribution in [0.1, 0.15) is 24.2 Å². The van der Waals surface area contributed by atoms with E-state index in [0.717, 1.165) is 0 Å². The van der Waals surface area contributed by atoms with Crippen LogP contribution >= 0.6 is 27.3 Å². The molecule has 0 radical (unpaired) electrons. The van der Waals surface area contributed by atoms with E-state index in [2.05, 4.69) is 15.9 Å². The number of ether oxygens (including phenoxy) is 1. The first-order valence-corrected chi connectivity index (χ1v) is 5.61. The number of halogens is 1. The number of esters is 1. The van der Waals surface area contributed by atoms with E-state index in [9.17, 15) is 4.79 Å². The Hall–Kier alpha value is -0.350. The summed E-state index contributed by atoms with van der Waals surface area (Å²) in [4.78, 5) is 11.3. The molecule has 1 rings (SSSR count). The zero-order valence-electron chi connectivity index (χ0n) is 7.54. The maximum absolute atomic E-state index is 11.3. The van der Waals surface area contributed by atoms with E-state index in [1.54, 1.807) is 11.4 Å². The smallest absolute Gasteiger partial charge is 0.339 e. The van der Waals surface area contributed by atoms with Gasteiger partial charge >= 0.3 is 5.97 Å². The lowest BCUT2D eigenvalue weighted by Gasteiger charge is -2.15. The Labute approximate surface area is 90.0 Å². The lowest BCUT2D eigenvalue weighted by molar-refractivity contribution is 0.0481. The summed E-state index contributed by atoms with van der Waals surface area (Å²) in [6.07, 6.45) is 0. The Morgan fingerprint density at radius 2 is 2.38 bits per heavy atom. The van der Waals surface area contributed by atoms with Gasteiger partial charge in [-0.1, -0.05) is 15.9 Å². The number of hydrogen-bond acceptors (Lipinski definition) is 3. The minimum atomic E-state index is -0.256. The van der Waals surface area contributed by atoms with Gasteiger partial charge in [-0.25, -0.2) is 4.79 Å². The Bertz CT molecular complexity index is 274. The van der Waals surface area contributed by atoms with Crippen molar-refractivity contribution in [1.29, 1.82) is 0 Å². The fourth-order valence-corrected chi connectivity index (χ4v) is 1.44. The van der Waals surface area contributed by atoms with Gasteiger partial charge in [0.15, 0.2) is 0 Å². The highest BCUT2D eigenvalue weighted by Gasteiger charge is 2.16. The molecule has 0 aromatic carbocycles. The summed E-state index contributed by atoms with van der Waals surface area (Å²) in [5.41, 5.74) is 0.627. The molecule has 72 valence electrons. The Kier molecular flexibility index (Phi) is 3.50. The van der Waals surface area contributed by atoms with Gasteiger partial charge in [-0.05, 0) is 25.3 Å². The molecule has 0 saturated heterocycles. The molecule has 0 N–H and O–H groups in total. The van der Waals surface area contributed by atoms with Crippen molar-refractivity contribution in [1.82, 2.24) is 0 Å². The molecule has 0 amide bonds. The van der Waals surface area contributed by atoms with Gasteiger partial charge < -0.3 is 4.74 Å². The zero-order chi connectivity index (χ0) is 9.90. The highest BCUT2D eigenvalue weighted by Crippen LogP contribution is 2.17. The van der Waals surface area contributed by atoms with Gasteiger partial charge in [-0.3, -0.25) is 0 Å². The van der Waals surface area contributed by atoms with E-state index in [4.69, 9.17) is 4.74 Å². The largest absolute Gasteiger partial charge is 0.461 e. The quantitative estimate of drug-likeness (QED) is 0.618. The molecule has 0 saturated carbocycles. The van der Waals surface area contributed by atoms with Crippen LogP contribution in [0.25, 0.3) is 0 Å². The average Bonchev–Trinajstić information content (AvgIpc) is 2.50. The van der Waals surface area contributed by atoms with Crippen LogP contribution in [0.2, 0.25) is 0 Å². The summed E-state index contributed by atoms with van der Waals surface area (Å²) >= 11 is 4.88. The average molecular weight is 263 g/mol. The first-order valence-electron chi connectivity index (χ1n) is 3.87. The molecular formula is C9H11BrO2S. The van der Waals surface area contributed by atoms with E-state index in [0.29, 0.717) is 12.2 Å². The Morgan fingerprint density at radius 1 is 1.69 bits per heavy atom. The number of hydrogen-bond donors (Lipinski definition) is 0. The summed E-state index contributed by atoms with van der Waals surface area (Å²) in [5, 5.41) is 3.64. The van der Waals surface area contributed by atoms with Crippen molar-refractivity contribution in [2.45, 2.75) is 18.2 Å². The maximum Gasteiger partial charge on any atom is 0.339 e. The third kappa shape index (κ3) is 3.91. The highest BCUT2D eigenvalue weighted by atomic mass is 79.9. The lowest BCUT2D eigenvalue weighted by Crippen LogP contribution is -2.21. The van der Waals surface area contributed by atoms with Crippen molar-refractivity contribution in [2.75, 3.05) is 6.61 Å². The number of carbonyl (C=O) groups excluding carboxylic acids is 1. The van der Waals surface area contributed by atoms with Crippen molar-refractivity contribution in [2.24, 2.45) is 0 Å². The predicted molar refractivity (Wildman–Crippen MR) is 57.6 cm³/mol. The van der Waals surface area contributed by atoms with Gasteiger partial charge in [0.1, 0.15) is 6.61 Å². The molecule has 0 bridgehead atoms. The zero-order valence-corrected chi connectivity index (χ0v) is 9.94. The Balaban J connectivity index is 2.44. The van der Waals surface area contributed by atoms with Crippen LogP contribution in [0.15, 0.2) is 16.8 Å². The molecule has 1 aromatic rings. The normalized spacial score (nSPS) is 11.3. The fourth-order valence-electron chi connectivity index (χ4n) is 0.701. The summed E-state index contributed by atoms with van der Waals surface area (Å²) in [5.74, 6) is -0.256. The van der Waals surface area contributed by atoms with E-state index in [-0.39, 0.29) is 10.3 Å². The van der Waals surface area contributed by atoms with Crippen LogP contribution in [0.4, 0.5) is 0 Å². The second-order valence-electron chi connectivity index (χ2n) is 3.31. The SMILES string of the molecule is CC(C)(Br)COC(=O)c1ccsc1. The maximum atomic E-state index is 11.3. The molecule has 0 aliphatic heterocycles. The van der Waals surface area contributed by atoms with Gasteiger partial charge in [0.2, 0.25) is 0 Å². The monoisotopic (exact) mass is 262 g/mol. The third-order valence-electron chi connectivity index (χ3n) is 1.30. The van der Waals surface area contributed by atoms with Crippen LogP contribution in [0.5, 0.6) is 0 Å². The van der Waals surface area contributed by atoms with E-state index in [1.807, 2.05) is 19.2 Å². The predicted octanol–water partition coefficient (Wildman–Crippen LogP) is 3.08. The first kappa shape index (κ1) is 10.7. The molecule has 0 fully saturated rings. The molecule has 1 aromatic heterocycles. The first-order chi connectivity index (χ1) is 5.99. The van der Waals surface area contributed by atoms with Gasteiger partial charge in [0, 0.05) is 5.38 Å².